The molecule has 0 atom stereocenters. The molecule has 0 radical (unpaired) electrons. The molecular weight excluding hydrogens is 472 g/mol. The lowest BCUT2D eigenvalue weighted by Gasteiger charge is -2.18. The van der Waals surface area contributed by atoms with E-state index >= 15 is 0 Å². The van der Waals surface area contributed by atoms with E-state index in [2.05, 4.69) is 0 Å². The van der Waals surface area contributed by atoms with Crippen LogP contribution in [-0.4, -0.2) is 5.87 Å². The number of hydrogen-bond acceptors (Lipinski definition) is 0. The summed E-state index contributed by atoms with van der Waals surface area (Å²) in [5.74, 6) is -24.6. The van der Waals surface area contributed by atoms with E-state index in [9.17, 15) is 61.5 Å². The van der Waals surface area contributed by atoms with Crippen LogP contribution in [0.4, 0.5) is 61.5 Å². The quantitative estimate of drug-likeness (QED) is 0.270. The molecule has 0 saturated carbocycles. The molecule has 0 aromatic heterocycles. The van der Waals surface area contributed by atoms with Crippen molar-refractivity contribution in [3.05, 3.63) is 74.2 Å². The fraction of sp³-hybridized carbons (Fsp3) is 0.125. The van der Waals surface area contributed by atoms with Crippen molar-refractivity contribution in [2.24, 2.45) is 0 Å². The van der Waals surface area contributed by atoms with Gasteiger partial charge in [0.25, 0.3) is 0 Å². The zero-order valence-electron chi connectivity index (χ0n) is 13.7. The van der Waals surface area contributed by atoms with E-state index < -0.39 is 86.7 Å². The Hall–Kier alpha value is -3.09. The summed E-state index contributed by atoms with van der Waals surface area (Å²) < 4.78 is 186. The van der Waals surface area contributed by atoms with Crippen molar-refractivity contribution in [1.29, 1.82) is 0 Å². The van der Waals surface area contributed by atoms with Gasteiger partial charge in [0.05, 0.1) is 11.1 Å². The molecule has 0 N–H and O–H groups in total. The van der Waals surface area contributed by atoms with Crippen LogP contribution in [0.1, 0.15) is 22.3 Å². The molecule has 168 valence electrons. The summed E-state index contributed by atoms with van der Waals surface area (Å²) in [5, 5.41) is 8.86. The van der Waals surface area contributed by atoms with Crippen molar-refractivity contribution >= 4 is 11.4 Å². The molecule has 0 saturated heterocycles. The van der Waals surface area contributed by atoms with Crippen LogP contribution < -0.4 is 0 Å². The second-order valence-electron chi connectivity index (χ2n) is 5.49. The number of rotatable bonds is 2. The third kappa shape index (κ3) is 3.73. The predicted octanol–water partition coefficient (Wildman–Crippen LogP) is 6.51. The van der Waals surface area contributed by atoms with Crippen LogP contribution in [0.5, 0.6) is 0 Å². The van der Waals surface area contributed by atoms with Gasteiger partial charge in [-0.2, -0.15) is 26.3 Å². The average molecular weight is 472 g/mol. The van der Waals surface area contributed by atoms with Gasteiger partial charge in [-0.05, 0) is 0 Å². The van der Waals surface area contributed by atoms with Crippen molar-refractivity contribution < 1.29 is 61.5 Å². The Balaban J connectivity index is 3.01. The van der Waals surface area contributed by atoms with E-state index in [1.807, 2.05) is 0 Å². The first-order chi connectivity index (χ1) is 14.0. The average Bonchev–Trinajstić information content (AvgIpc) is 2.61. The lowest BCUT2D eigenvalue weighted by atomic mass is 9.93. The van der Waals surface area contributed by atoms with Gasteiger partial charge in [0.1, 0.15) is 11.1 Å². The molecule has 15 heteroatoms. The molecule has 0 aliphatic carbocycles. The van der Waals surface area contributed by atoms with Crippen molar-refractivity contribution in [3.63, 3.8) is 0 Å². The Morgan fingerprint density at radius 2 is 0.710 bits per heavy atom. The Labute approximate surface area is 160 Å². The van der Waals surface area contributed by atoms with Crippen LogP contribution >= 0.6 is 0 Å². The molecule has 2 aromatic carbocycles. The molecule has 0 fully saturated rings. The Bertz CT molecular complexity index is 993. The molecular formula is C16F14N-. The van der Waals surface area contributed by atoms with Gasteiger partial charge < -0.3 is 5.41 Å². The van der Waals surface area contributed by atoms with Crippen molar-refractivity contribution in [3.8, 4) is 0 Å². The van der Waals surface area contributed by atoms with Gasteiger partial charge >= 0.3 is 12.4 Å². The number of benzene rings is 2. The number of nitrogens with zero attached hydrogens (tertiary/aromatic N) is 1. The Kier molecular flexibility index (Phi) is 5.89. The highest BCUT2D eigenvalue weighted by atomic mass is 19.4. The van der Waals surface area contributed by atoms with E-state index in [0.29, 0.717) is 5.87 Å². The Morgan fingerprint density at radius 3 is 0.871 bits per heavy atom. The van der Waals surface area contributed by atoms with Gasteiger partial charge in [0.15, 0.2) is 46.5 Å². The Morgan fingerprint density at radius 1 is 0.484 bits per heavy atom. The standard InChI is InChI=1S/C16F14N/c17-7-3(8(18)12(22)5(11(7)21)15(25,26)27)2(1-31)4-9(19)13(23)6(16(28,29)30)14(24)10(4)20/q-1. The van der Waals surface area contributed by atoms with E-state index in [1.165, 1.54) is 0 Å². The molecule has 31 heavy (non-hydrogen) atoms. The topological polar surface area (TPSA) is 22.3 Å². The first-order valence-corrected chi connectivity index (χ1v) is 7.12. The lowest BCUT2D eigenvalue weighted by molar-refractivity contribution is -0.144. The first-order valence-electron chi connectivity index (χ1n) is 7.12. The van der Waals surface area contributed by atoms with E-state index in [-0.39, 0.29) is 0 Å². The monoisotopic (exact) mass is 472 g/mol. The lowest BCUT2D eigenvalue weighted by Crippen LogP contribution is -2.19. The SMILES string of the molecule is [N-]=C=C(c1c(F)c(F)c(C(F)(F)F)c(F)c1F)c1c(F)c(F)c(C(F)(F)F)c(F)c1F. The minimum absolute atomic E-state index is 0.451. The van der Waals surface area contributed by atoms with Crippen LogP contribution in [0.2, 0.25) is 0 Å². The summed E-state index contributed by atoms with van der Waals surface area (Å²) in [7, 11) is 0. The number of alkyl halides is 6. The molecule has 2 rings (SSSR count). The van der Waals surface area contributed by atoms with E-state index in [0.717, 1.165) is 0 Å². The minimum Gasteiger partial charge on any atom is -0.763 e. The predicted molar refractivity (Wildman–Crippen MR) is 73.4 cm³/mol. The zero-order chi connectivity index (χ0) is 24.2. The third-order valence-electron chi connectivity index (χ3n) is 3.71. The summed E-state index contributed by atoms with van der Waals surface area (Å²) in [5.41, 5.74) is -13.8. The van der Waals surface area contributed by atoms with Gasteiger partial charge in [0.2, 0.25) is 0 Å². The van der Waals surface area contributed by atoms with Gasteiger partial charge in [-0.3, -0.25) is 5.87 Å². The summed E-state index contributed by atoms with van der Waals surface area (Å²) in [6.07, 6.45) is -12.1. The number of halogens is 14. The summed E-state index contributed by atoms with van der Waals surface area (Å²) >= 11 is 0. The first kappa shape index (κ1) is 24.2. The van der Waals surface area contributed by atoms with E-state index in [4.69, 9.17) is 5.41 Å². The van der Waals surface area contributed by atoms with Crippen LogP contribution in [0.3, 0.4) is 0 Å². The van der Waals surface area contributed by atoms with Crippen LogP contribution in [0.15, 0.2) is 0 Å². The smallest absolute Gasteiger partial charge is 0.422 e. The molecule has 0 aliphatic rings. The van der Waals surface area contributed by atoms with Crippen LogP contribution in [0, 0.1) is 46.5 Å². The largest absolute Gasteiger partial charge is 0.763 e. The summed E-state index contributed by atoms with van der Waals surface area (Å²) in [6.45, 7) is 0. The molecule has 0 unspecified atom stereocenters. The maximum absolute atomic E-state index is 14.0. The maximum Gasteiger partial charge on any atom is 0.422 e. The van der Waals surface area contributed by atoms with Crippen molar-refractivity contribution in [2.75, 3.05) is 0 Å². The molecule has 0 heterocycles. The molecule has 0 spiro atoms. The van der Waals surface area contributed by atoms with Crippen LogP contribution in [0.25, 0.3) is 11.0 Å². The zero-order valence-corrected chi connectivity index (χ0v) is 13.7. The molecule has 0 bridgehead atoms. The molecule has 0 aliphatic heterocycles. The highest BCUT2D eigenvalue weighted by molar-refractivity contribution is 6.00. The van der Waals surface area contributed by atoms with Crippen LogP contribution in [-0.2, 0) is 12.4 Å². The maximum atomic E-state index is 14.0. The normalized spacial score (nSPS) is 12.2. The molecule has 1 nitrogen and oxygen atoms in total. The molecule has 0 amide bonds. The van der Waals surface area contributed by atoms with Gasteiger partial charge in [-0.25, -0.2) is 35.1 Å². The van der Waals surface area contributed by atoms with E-state index in [1.54, 1.807) is 0 Å². The summed E-state index contributed by atoms with van der Waals surface area (Å²) in [4.78, 5) is 0. The number of hydrogen-bond donors (Lipinski definition) is 0. The fourth-order valence-electron chi connectivity index (χ4n) is 2.44. The second kappa shape index (κ2) is 7.55. The third-order valence-corrected chi connectivity index (χ3v) is 3.71. The molecule has 2 aromatic rings. The van der Waals surface area contributed by atoms with Gasteiger partial charge in [-0.1, -0.05) is 0 Å². The van der Waals surface area contributed by atoms with Gasteiger partial charge in [0, 0.05) is 5.57 Å². The highest BCUT2D eigenvalue weighted by Gasteiger charge is 2.45. The summed E-state index contributed by atoms with van der Waals surface area (Å²) in [6, 6.07) is 0. The highest BCUT2D eigenvalue weighted by Crippen LogP contribution is 2.42. The van der Waals surface area contributed by atoms with Gasteiger partial charge in [-0.15, -0.1) is 0 Å². The minimum atomic E-state index is -6.05. The second-order valence-corrected chi connectivity index (χ2v) is 5.49. The fourth-order valence-corrected chi connectivity index (χ4v) is 2.44. The van der Waals surface area contributed by atoms with Crippen molar-refractivity contribution in [2.45, 2.75) is 12.4 Å². The van der Waals surface area contributed by atoms with Crippen molar-refractivity contribution in [1.82, 2.24) is 0 Å².